The Morgan fingerprint density at radius 2 is 2.23 bits per heavy atom. The van der Waals surface area contributed by atoms with E-state index in [1.165, 1.54) is 17.5 Å². The number of carbonyl (C=O) groups is 3. The molecular weight excluding hydrogens is 490 g/mol. The second-order valence-corrected chi connectivity index (χ2v) is 10.1. The van der Waals surface area contributed by atoms with Crippen molar-refractivity contribution in [3.63, 3.8) is 0 Å². The molecule has 162 valence electrons. The number of nitrogens with one attached hydrogen (secondary N) is 1. The number of hydrogen-bond donors (Lipinski definition) is 4. The minimum atomic E-state index is -1.26. The van der Waals surface area contributed by atoms with Crippen LogP contribution in [0.3, 0.4) is 0 Å². The normalized spacial score (nSPS) is 21.0. The summed E-state index contributed by atoms with van der Waals surface area (Å²) >= 11 is 9.04. The summed E-state index contributed by atoms with van der Waals surface area (Å²) in [5.74, 6) is -2.90. The van der Waals surface area contributed by atoms with E-state index in [1.807, 2.05) is 0 Å². The number of amides is 2. The fourth-order valence-electron chi connectivity index (χ4n) is 3.25. The molecule has 2 unspecified atom stereocenters. The van der Waals surface area contributed by atoms with E-state index in [2.05, 4.69) is 24.8 Å². The smallest absolute Gasteiger partial charge is 0.353 e. The number of carbonyl (C=O) groups excluding carboxylic acids is 2. The number of β-lactam (4-membered cyclic amide) rings is 1. The maximum atomic E-state index is 12.7. The molecule has 31 heavy (non-hydrogen) atoms. The number of carboxylic acid groups (broad SMARTS) is 1. The van der Waals surface area contributed by atoms with Gasteiger partial charge < -0.3 is 21.4 Å². The SMILES string of the molecule is Nc1nc(/C(=N/O)C(=O)NC2C(=O)N3C(C(=O)O)=C(Sc4ncc(Cl)s4)CCC23)ns1. The Morgan fingerprint density at radius 1 is 1.45 bits per heavy atom. The van der Waals surface area contributed by atoms with Crippen LogP contribution in [0.1, 0.15) is 18.7 Å². The van der Waals surface area contributed by atoms with E-state index in [4.69, 9.17) is 22.5 Å². The standard InChI is InChI=1S/C15H12ClN7O5S3/c16-6-3-18-15(30-6)29-5-2-1-4-7(12(25)23(4)9(5)13(26)27)19-11(24)8(21-28)10-20-14(17)31-22-10/h3-4,7,28H,1-2H2,(H,19,24)(H,26,27)(H2,17,20,22)/b21-8-. The van der Waals surface area contributed by atoms with Crippen LogP contribution >= 0.6 is 46.2 Å². The summed E-state index contributed by atoms with van der Waals surface area (Å²) in [6.07, 6.45) is 2.25. The topological polar surface area (TPSA) is 184 Å². The van der Waals surface area contributed by atoms with Crippen molar-refractivity contribution in [1.82, 2.24) is 24.6 Å². The maximum Gasteiger partial charge on any atom is 0.353 e. The summed E-state index contributed by atoms with van der Waals surface area (Å²) in [6.45, 7) is 0. The Balaban J connectivity index is 1.52. The number of aliphatic carboxylic acids is 1. The average Bonchev–Trinajstić information content (AvgIpc) is 3.34. The number of nitrogens with zero attached hydrogens (tertiary/aromatic N) is 5. The third-order valence-corrected chi connectivity index (χ3v) is 7.39. The first-order chi connectivity index (χ1) is 14.8. The largest absolute Gasteiger partial charge is 0.477 e. The lowest BCUT2D eigenvalue weighted by molar-refractivity contribution is -0.155. The number of rotatable bonds is 6. The highest BCUT2D eigenvalue weighted by atomic mass is 35.5. The molecule has 0 aliphatic carbocycles. The quantitative estimate of drug-likeness (QED) is 0.192. The van der Waals surface area contributed by atoms with Crippen LogP contribution in [-0.2, 0) is 14.4 Å². The Labute approximate surface area is 191 Å². The molecule has 2 aromatic rings. The van der Waals surface area contributed by atoms with Gasteiger partial charge in [-0.15, -0.1) is 0 Å². The van der Waals surface area contributed by atoms with E-state index in [0.29, 0.717) is 26.4 Å². The molecule has 5 N–H and O–H groups in total. The molecule has 0 radical (unpaired) electrons. The highest BCUT2D eigenvalue weighted by molar-refractivity contribution is 8.04. The van der Waals surface area contributed by atoms with Gasteiger partial charge in [0.2, 0.25) is 11.5 Å². The number of aromatic nitrogens is 3. The maximum absolute atomic E-state index is 12.7. The molecule has 2 aliphatic rings. The molecule has 0 bridgehead atoms. The van der Waals surface area contributed by atoms with Crippen molar-refractivity contribution >= 4 is 74.9 Å². The van der Waals surface area contributed by atoms with Crippen molar-refractivity contribution in [3.05, 3.63) is 27.0 Å². The minimum absolute atomic E-state index is 0.0740. The van der Waals surface area contributed by atoms with Crippen LogP contribution in [0.5, 0.6) is 0 Å². The van der Waals surface area contributed by atoms with E-state index in [-0.39, 0.29) is 16.7 Å². The van der Waals surface area contributed by atoms with Gasteiger partial charge in [0.25, 0.3) is 11.8 Å². The summed E-state index contributed by atoms with van der Waals surface area (Å²) < 4.78 is 4.83. The first-order valence-electron chi connectivity index (χ1n) is 8.51. The first kappa shape index (κ1) is 21.5. The number of carboxylic acids is 1. The van der Waals surface area contributed by atoms with E-state index < -0.39 is 35.6 Å². The Kier molecular flexibility index (Phi) is 5.83. The van der Waals surface area contributed by atoms with E-state index >= 15 is 0 Å². The molecule has 12 nitrogen and oxygen atoms in total. The second kappa shape index (κ2) is 8.41. The number of fused-ring (bicyclic) bond motifs is 1. The van der Waals surface area contributed by atoms with Crippen molar-refractivity contribution in [2.75, 3.05) is 5.73 Å². The lowest BCUT2D eigenvalue weighted by Crippen LogP contribution is -2.72. The molecule has 4 rings (SSSR count). The van der Waals surface area contributed by atoms with E-state index in [9.17, 15) is 19.5 Å². The summed E-state index contributed by atoms with van der Waals surface area (Å²) in [6, 6.07) is -1.53. The molecule has 2 atom stereocenters. The number of thioether (sulfide) groups is 1. The highest BCUT2D eigenvalue weighted by Crippen LogP contribution is 2.44. The van der Waals surface area contributed by atoms with Gasteiger partial charge in [-0.2, -0.15) is 9.36 Å². The van der Waals surface area contributed by atoms with Crippen LogP contribution in [0.4, 0.5) is 5.13 Å². The molecule has 2 amide bonds. The van der Waals surface area contributed by atoms with Crippen LogP contribution < -0.4 is 11.1 Å². The Hall–Kier alpha value is -2.75. The van der Waals surface area contributed by atoms with Gasteiger partial charge in [-0.1, -0.05) is 39.9 Å². The first-order valence-corrected chi connectivity index (χ1v) is 11.3. The Morgan fingerprint density at radius 3 is 2.81 bits per heavy atom. The van der Waals surface area contributed by atoms with Gasteiger partial charge in [0.1, 0.15) is 16.1 Å². The molecule has 2 aromatic heterocycles. The minimum Gasteiger partial charge on any atom is -0.477 e. The van der Waals surface area contributed by atoms with Crippen molar-refractivity contribution in [2.24, 2.45) is 5.16 Å². The van der Waals surface area contributed by atoms with Gasteiger partial charge in [-0.25, -0.2) is 9.78 Å². The van der Waals surface area contributed by atoms with Gasteiger partial charge in [-0.3, -0.25) is 14.5 Å². The predicted octanol–water partition coefficient (Wildman–Crippen LogP) is 0.986. The molecular formula is C15H12ClN7O5S3. The summed E-state index contributed by atoms with van der Waals surface area (Å²) in [5.41, 5.74) is 4.83. The zero-order chi connectivity index (χ0) is 22.3. The molecule has 1 fully saturated rings. The molecule has 4 heterocycles. The van der Waals surface area contributed by atoms with Crippen LogP contribution in [0.2, 0.25) is 4.34 Å². The molecule has 1 saturated heterocycles. The number of thiazole rings is 1. The summed E-state index contributed by atoms with van der Waals surface area (Å²) in [5, 5.41) is 24.3. The van der Waals surface area contributed by atoms with Crippen molar-refractivity contribution < 1.29 is 24.7 Å². The van der Waals surface area contributed by atoms with Crippen LogP contribution in [0, 0.1) is 0 Å². The zero-order valence-electron chi connectivity index (χ0n) is 15.2. The molecule has 2 aliphatic heterocycles. The molecule has 0 saturated carbocycles. The number of allylic oxidation sites excluding steroid dienone is 1. The summed E-state index contributed by atoms with van der Waals surface area (Å²) in [7, 11) is 0. The monoisotopic (exact) mass is 501 g/mol. The fourth-order valence-corrected chi connectivity index (χ4v) is 6.03. The number of hydrogen-bond acceptors (Lipinski definition) is 12. The molecule has 0 spiro atoms. The van der Waals surface area contributed by atoms with Crippen LogP contribution in [0.15, 0.2) is 26.3 Å². The fraction of sp³-hybridized carbons (Fsp3) is 0.267. The number of nitrogen functional groups attached to an aromatic ring is 1. The summed E-state index contributed by atoms with van der Waals surface area (Å²) in [4.78, 5) is 46.6. The zero-order valence-corrected chi connectivity index (χ0v) is 18.4. The van der Waals surface area contributed by atoms with E-state index in [1.54, 1.807) is 0 Å². The number of halogens is 1. The van der Waals surface area contributed by atoms with Gasteiger partial charge in [0, 0.05) is 16.4 Å². The molecule has 16 heteroatoms. The van der Waals surface area contributed by atoms with Crippen molar-refractivity contribution in [2.45, 2.75) is 29.3 Å². The predicted molar refractivity (Wildman–Crippen MR) is 112 cm³/mol. The number of anilines is 1. The van der Waals surface area contributed by atoms with Gasteiger partial charge in [0.15, 0.2) is 9.47 Å². The average molecular weight is 502 g/mol. The number of nitrogens with two attached hydrogens (primary N) is 1. The third kappa shape index (κ3) is 3.96. The van der Waals surface area contributed by atoms with Gasteiger partial charge in [-0.05, 0) is 12.8 Å². The third-order valence-electron chi connectivity index (χ3n) is 4.52. The lowest BCUT2D eigenvalue weighted by Gasteiger charge is -2.49. The molecule has 0 aromatic carbocycles. The van der Waals surface area contributed by atoms with Crippen molar-refractivity contribution in [3.8, 4) is 0 Å². The number of oxime groups is 1. The Bertz CT molecular complexity index is 1150. The lowest BCUT2D eigenvalue weighted by atomic mass is 9.86. The van der Waals surface area contributed by atoms with Gasteiger partial charge in [0.05, 0.1) is 12.2 Å². The van der Waals surface area contributed by atoms with Crippen LogP contribution in [-0.4, -0.2) is 65.1 Å². The van der Waals surface area contributed by atoms with Gasteiger partial charge >= 0.3 is 5.97 Å². The van der Waals surface area contributed by atoms with Crippen LogP contribution in [0.25, 0.3) is 0 Å². The van der Waals surface area contributed by atoms with E-state index in [0.717, 1.165) is 28.2 Å². The highest BCUT2D eigenvalue weighted by Gasteiger charge is 2.54. The second-order valence-electron chi connectivity index (χ2n) is 6.28. The van der Waals surface area contributed by atoms with Crippen molar-refractivity contribution in [1.29, 1.82) is 0 Å².